The zero-order valence-electron chi connectivity index (χ0n) is 13.0. The van der Waals surface area contributed by atoms with E-state index in [1.54, 1.807) is 5.56 Å². The van der Waals surface area contributed by atoms with E-state index in [4.69, 9.17) is 0 Å². The summed E-state index contributed by atoms with van der Waals surface area (Å²) >= 11 is 0. The summed E-state index contributed by atoms with van der Waals surface area (Å²) in [5.74, 6) is 0.704. The molecule has 1 unspecified atom stereocenters. The van der Waals surface area contributed by atoms with E-state index in [0.29, 0.717) is 11.3 Å². The summed E-state index contributed by atoms with van der Waals surface area (Å²) in [5.41, 5.74) is 3.46. The summed E-state index contributed by atoms with van der Waals surface area (Å²) in [6.07, 6.45) is 4.10. The highest BCUT2D eigenvalue weighted by Crippen LogP contribution is 2.48. The van der Waals surface area contributed by atoms with Crippen molar-refractivity contribution in [1.82, 2.24) is 10.2 Å². The average molecular weight is 272 g/mol. The molecule has 2 aliphatic rings. The molecule has 0 amide bonds. The highest BCUT2D eigenvalue weighted by atomic mass is 15.1. The average Bonchev–Trinajstić information content (AvgIpc) is 2.50. The lowest BCUT2D eigenvalue weighted by Gasteiger charge is -2.49. The summed E-state index contributed by atoms with van der Waals surface area (Å²) in [7, 11) is 0. The third-order valence-electron chi connectivity index (χ3n) is 5.67. The molecule has 3 rings (SSSR count). The Bertz CT molecular complexity index is 429. The lowest BCUT2D eigenvalue weighted by atomic mass is 9.62. The van der Waals surface area contributed by atoms with E-state index in [2.05, 4.69) is 48.3 Å². The Morgan fingerprint density at radius 3 is 2.50 bits per heavy atom. The fourth-order valence-electron chi connectivity index (χ4n) is 4.16. The first-order valence-electron chi connectivity index (χ1n) is 8.23. The number of hydrogen-bond donors (Lipinski definition) is 1. The van der Waals surface area contributed by atoms with Gasteiger partial charge in [-0.2, -0.15) is 0 Å². The standard InChI is InChI=1S/C18H28N2/c1-3-20-12-9-18(10-13-20)8-11-19-14-17(18)16-6-4-15(2)5-7-16/h4-7,17,19H,3,8-14H2,1-2H3. The smallest absolute Gasteiger partial charge is 0.00255 e. The van der Waals surface area contributed by atoms with Gasteiger partial charge in [-0.25, -0.2) is 0 Å². The number of likely N-dealkylation sites (tertiary alicyclic amines) is 1. The number of nitrogens with zero attached hydrogens (tertiary/aromatic N) is 1. The normalized spacial score (nSPS) is 26.8. The van der Waals surface area contributed by atoms with Crippen LogP contribution in [0.5, 0.6) is 0 Å². The van der Waals surface area contributed by atoms with E-state index in [9.17, 15) is 0 Å². The largest absolute Gasteiger partial charge is 0.316 e. The Morgan fingerprint density at radius 2 is 1.85 bits per heavy atom. The second kappa shape index (κ2) is 5.87. The first kappa shape index (κ1) is 14.1. The molecule has 1 aromatic rings. The van der Waals surface area contributed by atoms with Crippen LogP contribution >= 0.6 is 0 Å². The molecule has 1 atom stereocenters. The molecule has 1 aromatic carbocycles. The van der Waals surface area contributed by atoms with Gasteiger partial charge in [0, 0.05) is 12.5 Å². The molecule has 1 N–H and O–H groups in total. The predicted octanol–water partition coefficient (Wildman–Crippen LogP) is 3.17. The van der Waals surface area contributed by atoms with Crippen molar-refractivity contribution in [3.63, 3.8) is 0 Å². The van der Waals surface area contributed by atoms with Crippen LogP contribution in [0.2, 0.25) is 0 Å². The van der Waals surface area contributed by atoms with E-state index in [-0.39, 0.29) is 0 Å². The number of aryl methyl sites for hydroxylation is 1. The van der Waals surface area contributed by atoms with Crippen LogP contribution in [0.1, 0.15) is 43.2 Å². The number of piperidine rings is 2. The molecule has 2 nitrogen and oxygen atoms in total. The van der Waals surface area contributed by atoms with Gasteiger partial charge in [0.25, 0.3) is 0 Å². The minimum absolute atomic E-state index is 0.548. The van der Waals surface area contributed by atoms with Crippen molar-refractivity contribution in [2.45, 2.75) is 39.0 Å². The number of nitrogens with one attached hydrogen (secondary N) is 1. The van der Waals surface area contributed by atoms with Crippen molar-refractivity contribution >= 4 is 0 Å². The fourth-order valence-corrected chi connectivity index (χ4v) is 4.16. The third-order valence-corrected chi connectivity index (χ3v) is 5.67. The van der Waals surface area contributed by atoms with Gasteiger partial charge in [-0.3, -0.25) is 0 Å². The van der Waals surface area contributed by atoms with Gasteiger partial charge in [-0.1, -0.05) is 36.8 Å². The summed E-state index contributed by atoms with van der Waals surface area (Å²) in [5, 5.41) is 3.63. The van der Waals surface area contributed by atoms with E-state index < -0.39 is 0 Å². The van der Waals surface area contributed by atoms with Gasteiger partial charge < -0.3 is 10.2 Å². The van der Waals surface area contributed by atoms with Crippen molar-refractivity contribution in [2.24, 2.45) is 5.41 Å². The Hall–Kier alpha value is -0.860. The molecule has 2 heterocycles. The van der Waals surface area contributed by atoms with Crippen LogP contribution in [0.3, 0.4) is 0 Å². The van der Waals surface area contributed by atoms with Crippen molar-refractivity contribution in [1.29, 1.82) is 0 Å². The molecule has 2 heteroatoms. The molecule has 20 heavy (non-hydrogen) atoms. The Morgan fingerprint density at radius 1 is 1.15 bits per heavy atom. The van der Waals surface area contributed by atoms with Crippen LogP contribution in [-0.4, -0.2) is 37.6 Å². The third kappa shape index (κ3) is 2.64. The fraction of sp³-hybridized carbons (Fsp3) is 0.667. The topological polar surface area (TPSA) is 15.3 Å². The van der Waals surface area contributed by atoms with Gasteiger partial charge >= 0.3 is 0 Å². The van der Waals surface area contributed by atoms with Crippen LogP contribution in [0.4, 0.5) is 0 Å². The predicted molar refractivity (Wildman–Crippen MR) is 85.2 cm³/mol. The lowest BCUT2D eigenvalue weighted by molar-refractivity contribution is 0.0563. The van der Waals surface area contributed by atoms with Crippen LogP contribution < -0.4 is 5.32 Å². The maximum Gasteiger partial charge on any atom is 0.00255 e. The summed E-state index contributed by atoms with van der Waals surface area (Å²) in [4.78, 5) is 2.61. The molecular formula is C18H28N2. The van der Waals surface area contributed by atoms with Gasteiger partial charge in [-0.05, 0) is 63.3 Å². The number of hydrogen-bond acceptors (Lipinski definition) is 2. The first-order chi connectivity index (χ1) is 9.73. The molecular weight excluding hydrogens is 244 g/mol. The molecule has 0 saturated carbocycles. The molecule has 1 spiro atoms. The maximum atomic E-state index is 3.63. The minimum Gasteiger partial charge on any atom is -0.316 e. The van der Waals surface area contributed by atoms with Crippen molar-refractivity contribution < 1.29 is 0 Å². The molecule has 0 aliphatic carbocycles. The zero-order chi connectivity index (χ0) is 14.0. The number of benzene rings is 1. The summed E-state index contributed by atoms with van der Waals surface area (Å²) in [6, 6.07) is 9.28. The van der Waals surface area contributed by atoms with Crippen LogP contribution in [0.25, 0.3) is 0 Å². The summed E-state index contributed by atoms with van der Waals surface area (Å²) in [6.45, 7) is 10.6. The van der Waals surface area contributed by atoms with Crippen LogP contribution in [0, 0.1) is 12.3 Å². The highest BCUT2D eigenvalue weighted by molar-refractivity contribution is 5.27. The summed E-state index contributed by atoms with van der Waals surface area (Å²) < 4.78 is 0. The second-order valence-electron chi connectivity index (χ2n) is 6.71. The van der Waals surface area contributed by atoms with E-state index in [0.717, 1.165) is 6.54 Å². The van der Waals surface area contributed by atoms with Gasteiger partial charge in [0.2, 0.25) is 0 Å². The van der Waals surface area contributed by atoms with Crippen LogP contribution in [-0.2, 0) is 0 Å². The minimum atomic E-state index is 0.548. The monoisotopic (exact) mass is 272 g/mol. The van der Waals surface area contributed by atoms with Crippen molar-refractivity contribution in [3.05, 3.63) is 35.4 Å². The molecule has 110 valence electrons. The van der Waals surface area contributed by atoms with Crippen molar-refractivity contribution in [3.8, 4) is 0 Å². The Balaban J connectivity index is 1.82. The van der Waals surface area contributed by atoms with Gasteiger partial charge in [0.1, 0.15) is 0 Å². The SMILES string of the molecule is CCN1CCC2(CCNCC2c2ccc(C)cc2)CC1. The molecule has 0 aromatic heterocycles. The number of rotatable bonds is 2. The van der Waals surface area contributed by atoms with Gasteiger partial charge in [-0.15, -0.1) is 0 Å². The zero-order valence-corrected chi connectivity index (χ0v) is 13.0. The van der Waals surface area contributed by atoms with Gasteiger partial charge in [0.05, 0.1) is 0 Å². The van der Waals surface area contributed by atoms with E-state index in [1.807, 2.05) is 0 Å². The second-order valence-corrected chi connectivity index (χ2v) is 6.71. The Kier molecular flexibility index (Phi) is 4.13. The van der Waals surface area contributed by atoms with E-state index in [1.165, 1.54) is 51.0 Å². The molecule has 0 bridgehead atoms. The maximum absolute atomic E-state index is 3.63. The Labute approximate surface area is 123 Å². The van der Waals surface area contributed by atoms with Gasteiger partial charge in [0.15, 0.2) is 0 Å². The quantitative estimate of drug-likeness (QED) is 0.889. The van der Waals surface area contributed by atoms with Crippen LogP contribution in [0.15, 0.2) is 24.3 Å². The highest BCUT2D eigenvalue weighted by Gasteiger charge is 2.43. The molecule has 0 radical (unpaired) electrons. The molecule has 2 aliphatic heterocycles. The lowest BCUT2D eigenvalue weighted by Crippen LogP contribution is -2.50. The van der Waals surface area contributed by atoms with E-state index >= 15 is 0 Å². The molecule has 2 saturated heterocycles. The van der Waals surface area contributed by atoms with Crippen molar-refractivity contribution in [2.75, 3.05) is 32.7 Å². The first-order valence-corrected chi connectivity index (χ1v) is 8.23. The molecule has 2 fully saturated rings.